The molecule has 55 heavy (non-hydrogen) atoms. The molecule has 4 saturated carbocycles. The molecule has 0 radical (unpaired) electrons. The lowest BCUT2D eigenvalue weighted by molar-refractivity contribution is -0.211. The number of carboxylic acids is 1. The highest BCUT2D eigenvalue weighted by Gasteiger charge is 2.66. The third kappa shape index (κ3) is 8.52. The van der Waals surface area contributed by atoms with E-state index in [1.807, 2.05) is 0 Å². The molecule has 0 aromatic heterocycles. The van der Waals surface area contributed by atoms with Gasteiger partial charge in [0.25, 0.3) is 11.8 Å². The first-order valence-electron chi connectivity index (χ1n) is 19.3. The van der Waals surface area contributed by atoms with Crippen molar-refractivity contribution in [1.29, 1.82) is 0 Å². The van der Waals surface area contributed by atoms with Crippen LogP contribution in [0, 0.1) is 58.2 Å². The predicted molar refractivity (Wildman–Crippen MR) is 211 cm³/mol. The Kier molecular flexibility index (Phi) is 12.1. The number of carbonyl (C=O) groups is 3. The number of aliphatic imine (C=N–C) groups is 2. The van der Waals surface area contributed by atoms with E-state index in [0.29, 0.717) is 55.2 Å². The van der Waals surface area contributed by atoms with Crippen molar-refractivity contribution in [2.75, 3.05) is 0 Å². The van der Waals surface area contributed by atoms with Crippen molar-refractivity contribution in [3.63, 3.8) is 0 Å². The van der Waals surface area contributed by atoms with Gasteiger partial charge in [-0.15, -0.1) is 0 Å². The molecule has 4 aliphatic carbocycles. The average Bonchev–Trinajstić information content (AvgIpc) is 3.46. The van der Waals surface area contributed by atoms with E-state index in [9.17, 15) is 34.8 Å². The van der Waals surface area contributed by atoms with Gasteiger partial charge in [0.05, 0.1) is 12.2 Å². The van der Waals surface area contributed by atoms with Crippen LogP contribution in [0.1, 0.15) is 109 Å². The standard InChI is InChI=1S/C42H58N6O7/c1-22(6-11-34(51)52)29-9-10-30-35-31(20-33(50)41(29,30)5)40(4)14-15-42(55,21-28(40)19-32(35)49)13-12-25-7-8-26(16-23(2)36(53)47-38(43)44)27(18-25)17-24(3)37(54)48-39(45)46/h7-8,16-18,22,28-33,35,49-50,55H,6,9-11,14-15,19-21H2,1-5H3,(H,51,52)(H4,43,44,47,53)(H4,45,46,48,54)/b23-16+,24-17+/t22-,28-,29-,30+,31+,32-,33+,35+,40+,41-,42-/m1/s1. The van der Waals surface area contributed by atoms with Gasteiger partial charge >= 0.3 is 5.97 Å². The summed E-state index contributed by atoms with van der Waals surface area (Å²) in [6.07, 6.45) is 7.17. The van der Waals surface area contributed by atoms with Crippen molar-refractivity contribution >= 4 is 41.9 Å². The molecule has 0 aliphatic heterocycles. The average molecular weight is 759 g/mol. The van der Waals surface area contributed by atoms with E-state index in [4.69, 9.17) is 22.9 Å². The van der Waals surface area contributed by atoms with E-state index in [1.54, 1.807) is 44.2 Å². The molecule has 298 valence electrons. The molecule has 0 bridgehead atoms. The van der Waals surface area contributed by atoms with Gasteiger partial charge < -0.3 is 43.4 Å². The van der Waals surface area contributed by atoms with Crippen LogP contribution in [-0.4, -0.2) is 67.9 Å². The highest BCUT2D eigenvalue weighted by molar-refractivity contribution is 6.05. The summed E-state index contributed by atoms with van der Waals surface area (Å²) in [5.41, 5.74) is 21.8. The lowest BCUT2D eigenvalue weighted by Gasteiger charge is -2.64. The summed E-state index contributed by atoms with van der Waals surface area (Å²) in [7, 11) is 0. The Labute approximate surface area is 323 Å². The Morgan fingerprint density at radius 1 is 0.927 bits per heavy atom. The van der Waals surface area contributed by atoms with E-state index in [0.717, 1.165) is 12.8 Å². The molecule has 1 aromatic rings. The largest absolute Gasteiger partial charge is 0.481 e. The molecule has 1 aromatic carbocycles. The number of rotatable bonds is 8. The molecule has 0 saturated heterocycles. The fraction of sp³-hybridized carbons (Fsp3) is 0.595. The summed E-state index contributed by atoms with van der Waals surface area (Å²) in [6.45, 7) is 9.67. The first kappa shape index (κ1) is 41.6. The van der Waals surface area contributed by atoms with Gasteiger partial charge in [-0.05, 0) is 147 Å². The maximum absolute atomic E-state index is 12.6. The normalized spacial score (nSPS) is 34.8. The fourth-order valence-corrected chi connectivity index (χ4v) is 10.9. The maximum Gasteiger partial charge on any atom is 0.303 e. The number of amides is 2. The molecule has 0 heterocycles. The van der Waals surface area contributed by atoms with Crippen LogP contribution in [0.2, 0.25) is 0 Å². The minimum Gasteiger partial charge on any atom is -0.481 e. The number of carbonyl (C=O) groups excluding carboxylic acids is 2. The number of guanidine groups is 2. The summed E-state index contributed by atoms with van der Waals surface area (Å²) in [5, 5.41) is 45.0. The van der Waals surface area contributed by atoms with E-state index < -0.39 is 35.6 Å². The molecule has 11 atom stereocenters. The lowest BCUT2D eigenvalue weighted by atomic mass is 9.42. The molecule has 12 N–H and O–H groups in total. The number of aliphatic carboxylic acids is 1. The zero-order valence-electron chi connectivity index (χ0n) is 32.6. The van der Waals surface area contributed by atoms with E-state index >= 15 is 0 Å². The second-order valence-electron chi connectivity index (χ2n) is 17.2. The van der Waals surface area contributed by atoms with Crippen LogP contribution in [0.5, 0.6) is 0 Å². The number of hydrogen-bond donors (Lipinski definition) is 8. The van der Waals surface area contributed by atoms with Gasteiger partial charge in [0.15, 0.2) is 11.9 Å². The number of nitrogens with zero attached hydrogens (tertiary/aromatic N) is 2. The number of hydrogen-bond acceptors (Lipinski definition) is 6. The second kappa shape index (κ2) is 15.9. The number of nitrogens with two attached hydrogens (primary N) is 4. The predicted octanol–water partition coefficient (Wildman–Crippen LogP) is 3.28. The Morgan fingerprint density at radius 2 is 1.55 bits per heavy atom. The minimum atomic E-state index is -1.31. The van der Waals surface area contributed by atoms with Crippen LogP contribution in [0.3, 0.4) is 0 Å². The Bertz CT molecular complexity index is 1890. The monoisotopic (exact) mass is 758 g/mol. The van der Waals surface area contributed by atoms with Crippen LogP contribution >= 0.6 is 0 Å². The van der Waals surface area contributed by atoms with Crippen molar-refractivity contribution < 1.29 is 34.8 Å². The Morgan fingerprint density at radius 3 is 2.15 bits per heavy atom. The lowest BCUT2D eigenvalue weighted by Crippen LogP contribution is -2.63. The zero-order chi connectivity index (χ0) is 40.6. The van der Waals surface area contributed by atoms with Crippen LogP contribution in [0.4, 0.5) is 0 Å². The summed E-state index contributed by atoms with van der Waals surface area (Å²) in [6, 6.07) is 5.24. The number of aliphatic hydroxyl groups is 3. The first-order chi connectivity index (χ1) is 25.7. The Balaban J connectivity index is 1.40. The summed E-state index contributed by atoms with van der Waals surface area (Å²) >= 11 is 0. The summed E-state index contributed by atoms with van der Waals surface area (Å²) < 4.78 is 0. The first-order valence-corrected chi connectivity index (χ1v) is 19.3. The van der Waals surface area contributed by atoms with Gasteiger partial charge in [-0.3, -0.25) is 14.4 Å². The maximum atomic E-state index is 12.6. The van der Waals surface area contributed by atoms with Crippen LogP contribution < -0.4 is 22.9 Å². The molecule has 5 rings (SSSR count). The number of aliphatic hydroxyl groups excluding tert-OH is 2. The quantitative estimate of drug-likeness (QED) is 0.0826. The van der Waals surface area contributed by atoms with Gasteiger partial charge in [-0.2, -0.15) is 9.98 Å². The van der Waals surface area contributed by atoms with Crippen molar-refractivity contribution in [2.45, 2.75) is 110 Å². The van der Waals surface area contributed by atoms with Crippen LogP contribution in [0.25, 0.3) is 12.2 Å². The van der Waals surface area contributed by atoms with Crippen LogP contribution in [0.15, 0.2) is 39.3 Å². The van der Waals surface area contributed by atoms with Gasteiger partial charge in [0.2, 0.25) is 0 Å². The molecular weight excluding hydrogens is 700 g/mol. The van der Waals surface area contributed by atoms with Gasteiger partial charge in [-0.25, -0.2) is 0 Å². The Hall–Kier alpha value is -4.51. The van der Waals surface area contributed by atoms with Crippen molar-refractivity contribution in [3.05, 3.63) is 46.0 Å². The summed E-state index contributed by atoms with van der Waals surface area (Å²) in [4.78, 5) is 43.6. The third-order valence-corrected chi connectivity index (χ3v) is 13.8. The number of carboxylic acid groups (broad SMARTS) is 1. The molecule has 4 aliphatic rings. The van der Waals surface area contributed by atoms with E-state index in [1.165, 1.54) is 0 Å². The van der Waals surface area contributed by atoms with Crippen molar-refractivity contribution in [1.82, 2.24) is 0 Å². The molecule has 13 heteroatoms. The third-order valence-electron chi connectivity index (χ3n) is 13.8. The SMILES string of the molecule is C/C(=C\c1ccc(C#C[C@@]2(O)CC[C@@]3(C)[C@H](C[C@@H](O)[C@@H]4[C@@H]3C[C@H](O)[C@]3(C)[C@@H]([C@H](C)CCC(=O)O)CC[C@@H]43)C2)cc1/C=C(\C)C(=O)N=C(N)N)C(=O)N=C(N)N. The molecule has 2 amide bonds. The van der Waals surface area contributed by atoms with Gasteiger partial charge in [-0.1, -0.05) is 38.7 Å². The molecule has 13 nitrogen and oxygen atoms in total. The highest BCUT2D eigenvalue weighted by atomic mass is 16.4. The molecular formula is C42H58N6O7. The molecule has 0 spiro atoms. The van der Waals surface area contributed by atoms with E-state index in [2.05, 4.69) is 42.6 Å². The topological polar surface area (TPSA) is 261 Å². The minimum absolute atomic E-state index is 0.0130. The van der Waals surface area contributed by atoms with Gasteiger partial charge in [0.1, 0.15) is 5.60 Å². The van der Waals surface area contributed by atoms with E-state index in [-0.39, 0.29) is 75.8 Å². The summed E-state index contributed by atoms with van der Waals surface area (Å²) in [5.74, 6) is 4.08. The number of benzene rings is 1. The van der Waals surface area contributed by atoms with Crippen molar-refractivity contribution in [2.24, 2.45) is 79.3 Å². The molecule has 4 fully saturated rings. The number of fused-ring (bicyclic) bond motifs is 5. The highest BCUT2D eigenvalue weighted by Crippen LogP contribution is 2.69. The second-order valence-corrected chi connectivity index (χ2v) is 17.2. The van der Waals surface area contributed by atoms with Crippen molar-refractivity contribution in [3.8, 4) is 11.8 Å². The smallest absolute Gasteiger partial charge is 0.303 e. The van der Waals surface area contributed by atoms with Crippen LogP contribution in [-0.2, 0) is 14.4 Å². The zero-order valence-corrected chi connectivity index (χ0v) is 32.6. The van der Waals surface area contributed by atoms with Gasteiger partial charge in [0, 0.05) is 23.1 Å². The molecule has 0 unspecified atom stereocenters. The fourth-order valence-electron chi connectivity index (χ4n) is 10.9.